The van der Waals surface area contributed by atoms with Crippen LogP contribution in [0.4, 0.5) is 11.8 Å². The maximum Gasteiger partial charge on any atom is 0.344 e. The average molecular weight is 469 g/mol. The van der Waals surface area contributed by atoms with Crippen molar-refractivity contribution < 1.29 is 19.0 Å². The van der Waals surface area contributed by atoms with Crippen molar-refractivity contribution in [1.29, 1.82) is 0 Å². The summed E-state index contributed by atoms with van der Waals surface area (Å²) < 4.78 is 15.8. The van der Waals surface area contributed by atoms with Crippen molar-refractivity contribution in [3.8, 4) is 11.5 Å². The number of rotatable bonds is 10. The molecule has 0 aliphatic rings. The number of nitrogens with zero attached hydrogens (tertiary/aromatic N) is 3. The van der Waals surface area contributed by atoms with E-state index in [2.05, 4.69) is 15.3 Å². The van der Waals surface area contributed by atoms with Gasteiger partial charge >= 0.3 is 5.97 Å². The molecule has 9 heteroatoms. The fraction of sp³-hybridized carbons (Fsp3) is 0.292. The molecule has 0 radical (unpaired) electrons. The molecule has 0 saturated carbocycles. The zero-order valence-corrected chi connectivity index (χ0v) is 20.2. The molecule has 1 N–H and O–H groups in total. The van der Waals surface area contributed by atoms with E-state index in [0.717, 1.165) is 11.1 Å². The van der Waals surface area contributed by atoms with E-state index in [1.807, 2.05) is 62.6 Å². The molecule has 0 fully saturated rings. The molecule has 0 amide bonds. The predicted molar refractivity (Wildman–Crippen MR) is 131 cm³/mol. The van der Waals surface area contributed by atoms with Gasteiger partial charge in [0.1, 0.15) is 27.9 Å². The minimum atomic E-state index is -0.500. The Kier molecular flexibility index (Phi) is 8.37. The highest BCUT2D eigenvalue weighted by molar-refractivity contribution is 7.98. The first kappa shape index (κ1) is 24.2. The Hall–Kier alpha value is -3.46. The molecule has 0 atom stereocenters. The standard InChI is InChI=1S/C24H28N4O4S/c1-28(2)24-26-21(25-14-17-11-12-18(30-3)13-19(17)31-4)20(23(29)32-5)22(27-24)33-15-16-9-7-6-8-10-16/h6-13H,14-15H2,1-5H3,(H,25,26,27). The average Bonchev–Trinajstić information content (AvgIpc) is 2.85. The molecule has 0 spiro atoms. The number of thioether (sulfide) groups is 1. The number of hydrogen-bond acceptors (Lipinski definition) is 9. The lowest BCUT2D eigenvalue weighted by molar-refractivity contribution is 0.0596. The van der Waals surface area contributed by atoms with Crippen LogP contribution in [0.5, 0.6) is 11.5 Å². The van der Waals surface area contributed by atoms with Crippen molar-refractivity contribution in [2.24, 2.45) is 0 Å². The quantitative estimate of drug-likeness (QED) is 0.267. The molecule has 3 aromatic rings. The van der Waals surface area contributed by atoms with Gasteiger partial charge in [-0.3, -0.25) is 0 Å². The first-order chi connectivity index (χ1) is 16.0. The summed E-state index contributed by atoms with van der Waals surface area (Å²) in [5.74, 6) is 2.40. The largest absolute Gasteiger partial charge is 0.497 e. The smallest absolute Gasteiger partial charge is 0.344 e. The maximum absolute atomic E-state index is 12.8. The Morgan fingerprint density at radius 1 is 1.03 bits per heavy atom. The van der Waals surface area contributed by atoms with Crippen molar-refractivity contribution in [3.63, 3.8) is 0 Å². The van der Waals surface area contributed by atoms with Crippen LogP contribution in [0.3, 0.4) is 0 Å². The van der Waals surface area contributed by atoms with Crippen molar-refractivity contribution in [3.05, 3.63) is 65.2 Å². The summed E-state index contributed by atoms with van der Waals surface area (Å²) in [6.45, 7) is 0.379. The number of nitrogens with one attached hydrogen (secondary N) is 1. The van der Waals surface area contributed by atoms with Crippen LogP contribution in [0, 0.1) is 0 Å². The Labute approximate surface area is 198 Å². The lowest BCUT2D eigenvalue weighted by atomic mass is 10.2. The van der Waals surface area contributed by atoms with E-state index in [0.29, 0.717) is 46.2 Å². The molecule has 2 aromatic carbocycles. The first-order valence-corrected chi connectivity index (χ1v) is 11.2. The topological polar surface area (TPSA) is 85.8 Å². The highest BCUT2D eigenvalue weighted by Crippen LogP contribution is 2.32. The highest BCUT2D eigenvalue weighted by Gasteiger charge is 2.23. The van der Waals surface area contributed by atoms with Gasteiger partial charge in [0.25, 0.3) is 0 Å². The van der Waals surface area contributed by atoms with Crippen LogP contribution in [0.25, 0.3) is 0 Å². The molecule has 0 saturated heterocycles. The number of aromatic nitrogens is 2. The van der Waals surface area contributed by atoms with Crippen molar-refractivity contribution in [1.82, 2.24) is 9.97 Å². The third-order valence-corrected chi connectivity index (χ3v) is 5.86. The molecule has 3 rings (SSSR count). The summed E-state index contributed by atoms with van der Waals surface area (Å²) in [4.78, 5) is 23.8. The van der Waals surface area contributed by atoms with Crippen LogP contribution in [0.1, 0.15) is 21.5 Å². The van der Waals surface area contributed by atoms with Crippen LogP contribution in [0.2, 0.25) is 0 Å². The molecule has 0 aliphatic carbocycles. The van der Waals surface area contributed by atoms with Crippen molar-refractivity contribution in [2.45, 2.75) is 17.3 Å². The molecule has 8 nitrogen and oxygen atoms in total. The Bertz CT molecular complexity index is 1090. The van der Waals surface area contributed by atoms with Crippen LogP contribution in [-0.2, 0) is 17.0 Å². The second-order valence-electron chi connectivity index (χ2n) is 7.24. The molecule has 33 heavy (non-hydrogen) atoms. The number of esters is 1. The molecular weight excluding hydrogens is 440 g/mol. The SMILES string of the molecule is COC(=O)c1c(NCc2ccc(OC)cc2OC)nc(N(C)C)nc1SCc1ccccc1. The van der Waals surface area contributed by atoms with Crippen LogP contribution in [-0.4, -0.2) is 51.4 Å². The van der Waals surface area contributed by atoms with Crippen molar-refractivity contribution >= 4 is 29.5 Å². The van der Waals surface area contributed by atoms with Gasteiger partial charge in [-0.15, -0.1) is 11.8 Å². The highest BCUT2D eigenvalue weighted by atomic mass is 32.2. The fourth-order valence-electron chi connectivity index (χ4n) is 3.05. The van der Waals surface area contributed by atoms with Gasteiger partial charge in [-0.05, 0) is 17.7 Å². The zero-order chi connectivity index (χ0) is 23.8. The van der Waals surface area contributed by atoms with Gasteiger partial charge in [0, 0.05) is 38.0 Å². The Balaban J connectivity index is 1.96. The predicted octanol–water partition coefficient (Wildman–Crippen LogP) is 4.25. The normalized spacial score (nSPS) is 10.5. The first-order valence-electron chi connectivity index (χ1n) is 10.3. The van der Waals surface area contributed by atoms with Gasteiger partial charge in [0.05, 0.1) is 21.3 Å². The second kappa shape index (κ2) is 11.4. The van der Waals surface area contributed by atoms with E-state index in [9.17, 15) is 4.79 Å². The second-order valence-corrected chi connectivity index (χ2v) is 8.21. The maximum atomic E-state index is 12.8. The number of anilines is 2. The molecule has 0 unspecified atom stereocenters. The number of ether oxygens (including phenoxy) is 3. The summed E-state index contributed by atoms with van der Waals surface area (Å²) in [5.41, 5.74) is 2.31. The molecule has 0 bridgehead atoms. The summed E-state index contributed by atoms with van der Waals surface area (Å²) in [6.07, 6.45) is 0. The number of carbonyl (C=O) groups excluding carboxylic acids is 1. The molecule has 174 valence electrons. The fourth-order valence-corrected chi connectivity index (χ4v) is 4.02. The third-order valence-electron chi connectivity index (χ3n) is 4.81. The summed E-state index contributed by atoms with van der Waals surface area (Å²) in [5, 5.41) is 3.83. The Morgan fingerprint density at radius 2 is 1.79 bits per heavy atom. The zero-order valence-electron chi connectivity index (χ0n) is 19.4. The minimum Gasteiger partial charge on any atom is -0.497 e. The van der Waals surface area contributed by atoms with Gasteiger partial charge in [0.2, 0.25) is 5.95 Å². The van der Waals surface area contributed by atoms with E-state index >= 15 is 0 Å². The number of carbonyl (C=O) groups is 1. The molecule has 1 aromatic heterocycles. The van der Waals surface area contributed by atoms with E-state index in [4.69, 9.17) is 14.2 Å². The lowest BCUT2D eigenvalue weighted by Gasteiger charge is -2.18. The van der Waals surface area contributed by atoms with Crippen LogP contribution < -0.4 is 19.7 Å². The Morgan fingerprint density at radius 3 is 2.42 bits per heavy atom. The van der Waals surface area contributed by atoms with Gasteiger partial charge in [-0.1, -0.05) is 30.3 Å². The van der Waals surface area contributed by atoms with E-state index < -0.39 is 5.97 Å². The summed E-state index contributed by atoms with van der Waals surface area (Å²) in [6, 6.07) is 15.6. The minimum absolute atomic E-state index is 0.302. The van der Waals surface area contributed by atoms with Crippen molar-refractivity contribution in [2.75, 3.05) is 45.6 Å². The van der Waals surface area contributed by atoms with Crippen LogP contribution in [0.15, 0.2) is 53.6 Å². The van der Waals surface area contributed by atoms with Gasteiger partial charge < -0.3 is 24.4 Å². The number of hydrogen-bond donors (Lipinski definition) is 1. The van der Waals surface area contributed by atoms with Gasteiger partial charge in [0.15, 0.2) is 0 Å². The van der Waals surface area contributed by atoms with E-state index in [-0.39, 0.29) is 0 Å². The van der Waals surface area contributed by atoms with E-state index in [1.165, 1.54) is 18.9 Å². The van der Waals surface area contributed by atoms with Gasteiger partial charge in [-0.2, -0.15) is 4.98 Å². The van der Waals surface area contributed by atoms with E-state index in [1.54, 1.807) is 19.1 Å². The molecule has 1 heterocycles. The third kappa shape index (κ3) is 6.07. The molecular formula is C24H28N4O4S. The number of methoxy groups -OCH3 is 3. The summed E-state index contributed by atoms with van der Waals surface area (Å²) in [7, 11) is 8.27. The van der Waals surface area contributed by atoms with Gasteiger partial charge in [-0.25, -0.2) is 9.78 Å². The lowest BCUT2D eigenvalue weighted by Crippen LogP contribution is -2.19. The summed E-state index contributed by atoms with van der Waals surface area (Å²) >= 11 is 1.46. The monoisotopic (exact) mass is 468 g/mol. The molecule has 0 aliphatic heterocycles. The van der Waals surface area contributed by atoms with Crippen LogP contribution >= 0.6 is 11.8 Å². The number of benzene rings is 2.